The standard InChI is InChI=1S/C24H28FN3O3/c1-31-21-7-3-2-6-19(21)20(28-14-4-5-15-28)16-26-22(29)24(12-13-24)23(30)27-18-10-8-17(25)9-11-18/h2-3,6-11,20H,4-5,12-16H2,1H3,(H,26,29)(H,27,30)/t20-/m1/s1. The number of ether oxygens (including phenoxy) is 1. The van der Waals surface area contributed by atoms with Gasteiger partial charge in [-0.2, -0.15) is 0 Å². The van der Waals surface area contributed by atoms with Crippen LogP contribution >= 0.6 is 0 Å². The number of amides is 2. The molecule has 0 unspecified atom stereocenters. The molecule has 164 valence electrons. The molecular weight excluding hydrogens is 397 g/mol. The minimum Gasteiger partial charge on any atom is -0.496 e. The number of likely N-dealkylation sites (tertiary alicyclic amines) is 1. The second-order valence-corrected chi connectivity index (χ2v) is 8.25. The highest BCUT2D eigenvalue weighted by Crippen LogP contribution is 2.47. The van der Waals surface area contributed by atoms with E-state index in [9.17, 15) is 14.0 Å². The molecule has 2 N–H and O–H groups in total. The molecule has 6 nitrogen and oxygen atoms in total. The Labute approximate surface area is 181 Å². The van der Waals surface area contributed by atoms with Gasteiger partial charge in [0.25, 0.3) is 0 Å². The topological polar surface area (TPSA) is 70.7 Å². The highest BCUT2D eigenvalue weighted by atomic mass is 19.1. The van der Waals surface area contributed by atoms with E-state index in [4.69, 9.17) is 4.74 Å². The largest absolute Gasteiger partial charge is 0.496 e. The Morgan fingerprint density at radius 1 is 1.06 bits per heavy atom. The third-order valence-electron chi connectivity index (χ3n) is 6.26. The van der Waals surface area contributed by atoms with Crippen molar-refractivity contribution < 1.29 is 18.7 Å². The molecule has 1 saturated heterocycles. The van der Waals surface area contributed by atoms with Crippen molar-refractivity contribution in [2.75, 3.05) is 32.1 Å². The van der Waals surface area contributed by atoms with Gasteiger partial charge in [0.1, 0.15) is 17.0 Å². The summed E-state index contributed by atoms with van der Waals surface area (Å²) in [5, 5.41) is 5.78. The lowest BCUT2D eigenvalue weighted by molar-refractivity contribution is -0.134. The van der Waals surface area contributed by atoms with Crippen molar-refractivity contribution in [1.29, 1.82) is 0 Å². The summed E-state index contributed by atoms with van der Waals surface area (Å²) in [4.78, 5) is 28.2. The van der Waals surface area contributed by atoms with Gasteiger partial charge in [-0.3, -0.25) is 14.5 Å². The number of rotatable bonds is 8. The maximum Gasteiger partial charge on any atom is 0.240 e. The van der Waals surface area contributed by atoms with E-state index in [1.807, 2.05) is 24.3 Å². The molecule has 1 aliphatic heterocycles. The number of nitrogens with one attached hydrogen (secondary N) is 2. The van der Waals surface area contributed by atoms with Crippen LogP contribution in [0.2, 0.25) is 0 Å². The van der Waals surface area contributed by atoms with Gasteiger partial charge in [0, 0.05) is 17.8 Å². The molecule has 0 spiro atoms. The summed E-state index contributed by atoms with van der Waals surface area (Å²) >= 11 is 0. The zero-order valence-electron chi connectivity index (χ0n) is 17.7. The Kier molecular flexibility index (Phi) is 6.23. The number of carbonyl (C=O) groups excluding carboxylic acids is 2. The second-order valence-electron chi connectivity index (χ2n) is 8.25. The molecule has 1 saturated carbocycles. The first-order valence-electron chi connectivity index (χ1n) is 10.8. The van der Waals surface area contributed by atoms with Gasteiger partial charge < -0.3 is 15.4 Å². The zero-order valence-corrected chi connectivity index (χ0v) is 17.7. The highest BCUT2D eigenvalue weighted by molar-refractivity contribution is 6.13. The smallest absolute Gasteiger partial charge is 0.240 e. The van der Waals surface area contributed by atoms with Crippen LogP contribution in [0.3, 0.4) is 0 Å². The number of para-hydroxylation sites is 1. The molecule has 4 rings (SSSR count). The summed E-state index contributed by atoms with van der Waals surface area (Å²) in [7, 11) is 1.65. The van der Waals surface area contributed by atoms with E-state index in [1.165, 1.54) is 24.3 Å². The summed E-state index contributed by atoms with van der Waals surface area (Å²) in [5.41, 5.74) is 0.465. The summed E-state index contributed by atoms with van der Waals surface area (Å²) in [6.07, 6.45) is 3.27. The monoisotopic (exact) mass is 425 g/mol. The molecule has 0 radical (unpaired) electrons. The van der Waals surface area contributed by atoms with Crippen LogP contribution in [0.15, 0.2) is 48.5 Å². The Bertz CT molecular complexity index is 937. The van der Waals surface area contributed by atoms with E-state index < -0.39 is 5.41 Å². The van der Waals surface area contributed by atoms with Crippen molar-refractivity contribution in [2.24, 2.45) is 5.41 Å². The summed E-state index contributed by atoms with van der Waals surface area (Å²) in [5.74, 6) is -0.178. The normalized spacial score (nSPS) is 18.3. The molecule has 2 aliphatic rings. The Balaban J connectivity index is 1.44. The summed E-state index contributed by atoms with van der Waals surface area (Å²) in [6, 6.07) is 13.4. The number of hydrogen-bond acceptors (Lipinski definition) is 4. The number of hydrogen-bond donors (Lipinski definition) is 2. The maximum absolute atomic E-state index is 13.1. The van der Waals surface area contributed by atoms with Crippen LogP contribution in [0.25, 0.3) is 0 Å². The first-order valence-corrected chi connectivity index (χ1v) is 10.8. The molecule has 0 aromatic heterocycles. The lowest BCUT2D eigenvalue weighted by Crippen LogP contribution is -2.43. The van der Waals surface area contributed by atoms with Crippen LogP contribution in [0.1, 0.15) is 37.3 Å². The quantitative estimate of drug-likeness (QED) is 0.635. The molecule has 0 bridgehead atoms. The van der Waals surface area contributed by atoms with Crippen molar-refractivity contribution in [3.05, 3.63) is 59.9 Å². The third kappa shape index (κ3) is 4.56. The van der Waals surface area contributed by atoms with Gasteiger partial charge >= 0.3 is 0 Å². The van der Waals surface area contributed by atoms with Crippen molar-refractivity contribution in [3.8, 4) is 5.75 Å². The Morgan fingerprint density at radius 3 is 2.39 bits per heavy atom. The Hall–Kier alpha value is -2.93. The van der Waals surface area contributed by atoms with Crippen LogP contribution < -0.4 is 15.4 Å². The maximum atomic E-state index is 13.1. The summed E-state index contributed by atoms with van der Waals surface area (Å²) < 4.78 is 18.7. The van der Waals surface area contributed by atoms with Gasteiger partial charge in [-0.05, 0) is 69.1 Å². The van der Waals surface area contributed by atoms with Crippen molar-refractivity contribution >= 4 is 17.5 Å². The van der Waals surface area contributed by atoms with E-state index in [2.05, 4.69) is 15.5 Å². The van der Waals surface area contributed by atoms with Gasteiger partial charge in [0.15, 0.2) is 0 Å². The predicted octanol–water partition coefficient (Wildman–Crippen LogP) is 3.51. The van der Waals surface area contributed by atoms with E-state index in [0.717, 1.165) is 37.2 Å². The number of anilines is 1. The van der Waals surface area contributed by atoms with Gasteiger partial charge in [-0.15, -0.1) is 0 Å². The molecule has 1 heterocycles. The van der Waals surface area contributed by atoms with Crippen LogP contribution in [-0.4, -0.2) is 43.5 Å². The number of carbonyl (C=O) groups is 2. The fourth-order valence-electron chi connectivity index (χ4n) is 4.26. The second kappa shape index (κ2) is 9.06. The van der Waals surface area contributed by atoms with Crippen LogP contribution in [-0.2, 0) is 9.59 Å². The molecule has 7 heteroatoms. The van der Waals surface area contributed by atoms with Crippen LogP contribution in [0, 0.1) is 11.2 Å². The highest BCUT2D eigenvalue weighted by Gasteiger charge is 2.56. The lowest BCUT2D eigenvalue weighted by atomic mass is 10.0. The predicted molar refractivity (Wildman–Crippen MR) is 116 cm³/mol. The van der Waals surface area contributed by atoms with Gasteiger partial charge in [0.05, 0.1) is 13.2 Å². The number of methoxy groups -OCH3 is 1. The number of nitrogens with zero attached hydrogens (tertiary/aromatic N) is 1. The fourth-order valence-corrected chi connectivity index (χ4v) is 4.26. The van der Waals surface area contributed by atoms with E-state index in [1.54, 1.807) is 7.11 Å². The third-order valence-corrected chi connectivity index (χ3v) is 6.26. The van der Waals surface area contributed by atoms with Crippen molar-refractivity contribution in [1.82, 2.24) is 10.2 Å². The Morgan fingerprint density at radius 2 is 1.74 bits per heavy atom. The fraction of sp³-hybridized carbons (Fsp3) is 0.417. The van der Waals surface area contributed by atoms with E-state index in [-0.39, 0.29) is 23.7 Å². The number of halogens is 1. The van der Waals surface area contributed by atoms with Gasteiger partial charge in [0.2, 0.25) is 11.8 Å². The van der Waals surface area contributed by atoms with Gasteiger partial charge in [-0.25, -0.2) is 4.39 Å². The molecule has 2 amide bonds. The SMILES string of the molecule is COc1ccccc1[C@@H](CNC(=O)C1(C(=O)Nc2ccc(F)cc2)CC1)N1CCCC1. The van der Waals surface area contributed by atoms with Crippen LogP contribution in [0.4, 0.5) is 10.1 Å². The van der Waals surface area contributed by atoms with Crippen molar-refractivity contribution in [2.45, 2.75) is 31.7 Å². The molecule has 2 aromatic rings. The molecule has 1 aliphatic carbocycles. The first-order chi connectivity index (χ1) is 15.0. The molecule has 31 heavy (non-hydrogen) atoms. The molecule has 1 atom stereocenters. The lowest BCUT2D eigenvalue weighted by Gasteiger charge is -2.30. The minimum atomic E-state index is -1.05. The average Bonchev–Trinajstić information content (AvgIpc) is 3.44. The summed E-state index contributed by atoms with van der Waals surface area (Å²) in [6.45, 7) is 2.34. The first kappa shape index (κ1) is 21.3. The molecule has 2 aromatic carbocycles. The molecular formula is C24H28FN3O3. The van der Waals surface area contributed by atoms with E-state index in [0.29, 0.717) is 25.1 Å². The van der Waals surface area contributed by atoms with Gasteiger partial charge in [-0.1, -0.05) is 18.2 Å². The van der Waals surface area contributed by atoms with E-state index >= 15 is 0 Å². The zero-order chi connectivity index (χ0) is 21.8. The van der Waals surface area contributed by atoms with Crippen molar-refractivity contribution in [3.63, 3.8) is 0 Å². The minimum absolute atomic E-state index is 0.0152. The number of benzene rings is 2. The van der Waals surface area contributed by atoms with Crippen LogP contribution in [0.5, 0.6) is 5.75 Å². The average molecular weight is 426 g/mol. The molecule has 2 fully saturated rings.